The maximum atomic E-state index is 11.4. The second-order valence-corrected chi connectivity index (χ2v) is 7.37. The zero-order valence-corrected chi connectivity index (χ0v) is 14.2. The molecule has 4 rings (SSSR count). The van der Waals surface area contributed by atoms with E-state index in [1.807, 2.05) is 24.3 Å². The number of hydrogen-bond acceptors (Lipinski definition) is 5. The molecule has 6 heteroatoms. The molecule has 0 saturated carbocycles. The predicted molar refractivity (Wildman–Crippen MR) is 97.2 cm³/mol. The summed E-state index contributed by atoms with van der Waals surface area (Å²) < 4.78 is 0. The van der Waals surface area contributed by atoms with E-state index in [0.717, 1.165) is 40.5 Å². The van der Waals surface area contributed by atoms with Crippen LogP contribution >= 0.6 is 11.3 Å². The summed E-state index contributed by atoms with van der Waals surface area (Å²) in [6, 6.07) is 12.2. The zero-order chi connectivity index (χ0) is 16.5. The Morgan fingerprint density at radius 3 is 2.88 bits per heavy atom. The summed E-state index contributed by atoms with van der Waals surface area (Å²) in [7, 11) is 0. The lowest BCUT2D eigenvalue weighted by Crippen LogP contribution is -2.18. The molecule has 1 aliphatic rings. The van der Waals surface area contributed by atoms with Gasteiger partial charge < -0.3 is 10.6 Å². The first kappa shape index (κ1) is 15.1. The van der Waals surface area contributed by atoms with Gasteiger partial charge in [-0.15, -0.1) is 11.3 Å². The fourth-order valence-corrected chi connectivity index (χ4v) is 3.73. The van der Waals surface area contributed by atoms with Gasteiger partial charge in [0.25, 0.3) is 0 Å². The number of amides is 1. The number of anilines is 1. The van der Waals surface area contributed by atoms with Gasteiger partial charge in [0.1, 0.15) is 5.82 Å². The molecule has 1 aromatic carbocycles. The van der Waals surface area contributed by atoms with Gasteiger partial charge >= 0.3 is 0 Å². The highest BCUT2D eigenvalue weighted by Crippen LogP contribution is 2.29. The number of rotatable bonds is 4. The normalized spacial score (nSPS) is 17.2. The minimum Gasteiger partial charge on any atom is -0.369 e. The van der Waals surface area contributed by atoms with Gasteiger partial charge in [-0.2, -0.15) is 0 Å². The highest BCUT2D eigenvalue weighted by molar-refractivity contribution is 7.15. The topological polar surface area (TPSA) is 66.9 Å². The van der Waals surface area contributed by atoms with E-state index in [1.165, 1.54) is 4.88 Å². The Bertz CT molecular complexity index is 905. The first-order valence-electron chi connectivity index (χ1n) is 8.03. The molecule has 24 heavy (non-hydrogen) atoms. The average molecular weight is 338 g/mol. The second-order valence-electron chi connectivity index (χ2n) is 6.08. The van der Waals surface area contributed by atoms with Gasteiger partial charge in [-0.25, -0.2) is 9.97 Å². The van der Waals surface area contributed by atoms with Crippen LogP contribution in [-0.2, 0) is 4.79 Å². The predicted octanol–water partition coefficient (Wildman–Crippen LogP) is 3.21. The first-order valence-corrected chi connectivity index (χ1v) is 8.85. The molecule has 122 valence electrons. The third kappa shape index (κ3) is 2.97. The number of aryl methyl sites for hydroxylation is 1. The standard InChI is InChI=1S/C18H18N4OS/c1-11-6-7-15(24-11)18-21-14-5-3-2-4-13(14)17(22-18)20-10-12-8-16(23)19-9-12/h2-7,12H,8-10H2,1H3,(H,19,23)(H,20,21,22)/t12-/m1/s1. The van der Waals surface area contributed by atoms with Crippen LogP contribution in [-0.4, -0.2) is 29.0 Å². The van der Waals surface area contributed by atoms with E-state index >= 15 is 0 Å². The fourth-order valence-electron chi connectivity index (χ4n) is 2.93. The smallest absolute Gasteiger partial charge is 0.220 e. The van der Waals surface area contributed by atoms with Gasteiger partial charge in [-0.3, -0.25) is 4.79 Å². The molecule has 1 aliphatic heterocycles. The van der Waals surface area contributed by atoms with E-state index in [2.05, 4.69) is 29.7 Å². The molecule has 0 aliphatic carbocycles. The summed E-state index contributed by atoms with van der Waals surface area (Å²) >= 11 is 1.69. The zero-order valence-electron chi connectivity index (χ0n) is 13.4. The van der Waals surface area contributed by atoms with Crippen molar-refractivity contribution in [3.63, 3.8) is 0 Å². The molecule has 0 bridgehead atoms. The number of para-hydroxylation sites is 1. The fraction of sp³-hybridized carbons (Fsp3) is 0.278. The Balaban J connectivity index is 1.68. The Hall–Kier alpha value is -2.47. The summed E-state index contributed by atoms with van der Waals surface area (Å²) in [4.78, 5) is 23.1. The number of nitrogens with zero attached hydrogens (tertiary/aromatic N) is 2. The van der Waals surface area contributed by atoms with Crippen molar-refractivity contribution in [2.24, 2.45) is 5.92 Å². The SMILES string of the molecule is Cc1ccc(-c2nc(NC[C@H]3CNC(=O)C3)c3ccccc3n2)s1. The maximum Gasteiger partial charge on any atom is 0.220 e. The van der Waals surface area contributed by atoms with E-state index in [4.69, 9.17) is 9.97 Å². The summed E-state index contributed by atoms with van der Waals surface area (Å²) in [5.74, 6) is 2.01. The van der Waals surface area contributed by atoms with E-state index in [-0.39, 0.29) is 5.91 Å². The molecule has 2 N–H and O–H groups in total. The van der Waals surface area contributed by atoms with Gasteiger partial charge in [-0.05, 0) is 31.2 Å². The monoisotopic (exact) mass is 338 g/mol. The molecule has 3 aromatic rings. The van der Waals surface area contributed by atoms with Crippen LogP contribution < -0.4 is 10.6 Å². The quantitative estimate of drug-likeness (QED) is 0.766. The van der Waals surface area contributed by atoms with Crippen LogP contribution in [0, 0.1) is 12.8 Å². The van der Waals surface area contributed by atoms with Gasteiger partial charge in [0.15, 0.2) is 5.82 Å². The molecule has 5 nitrogen and oxygen atoms in total. The van der Waals surface area contributed by atoms with Crippen LogP contribution in [0.5, 0.6) is 0 Å². The summed E-state index contributed by atoms with van der Waals surface area (Å²) in [5.41, 5.74) is 0.927. The molecule has 0 spiro atoms. The van der Waals surface area contributed by atoms with Crippen molar-refractivity contribution >= 4 is 34.0 Å². The van der Waals surface area contributed by atoms with Crippen molar-refractivity contribution in [3.05, 3.63) is 41.3 Å². The van der Waals surface area contributed by atoms with Crippen LogP contribution in [0.15, 0.2) is 36.4 Å². The van der Waals surface area contributed by atoms with Crippen molar-refractivity contribution < 1.29 is 4.79 Å². The van der Waals surface area contributed by atoms with Crippen molar-refractivity contribution in [1.29, 1.82) is 0 Å². The van der Waals surface area contributed by atoms with E-state index in [0.29, 0.717) is 12.3 Å². The lowest BCUT2D eigenvalue weighted by molar-refractivity contribution is -0.119. The van der Waals surface area contributed by atoms with Gasteiger partial charge in [0.05, 0.1) is 10.4 Å². The molecule has 1 fully saturated rings. The van der Waals surface area contributed by atoms with Crippen LogP contribution in [0.1, 0.15) is 11.3 Å². The Morgan fingerprint density at radius 1 is 1.25 bits per heavy atom. The number of thiophene rings is 1. The maximum absolute atomic E-state index is 11.4. The number of carbonyl (C=O) groups is 1. The average Bonchev–Trinajstić information content (AvgIpc) is 3.21. The van der Waals surface area contributed by atoms with Crippen molar-refractivity contribution in [1.82, 2.24) is 15.3 Å². The molecule has 2 aromatic heterocycles. The lowest BCUT2D eigenvalue weighted by Gasteiger charge is -2.13. The molecule has 1 atom stereocenters. The Morgan fingerprint density at radius 2 is 2.12 bits per heavy atom. The highest BCUT2D eigenvalue weighted by atomic mass is 32.1. The van der Waals surface area contributed by atoms with Gasteiger partial charge in [0.2, 0.25) is 5.91 Å². The first-order chi connectivity index (χ1) is 11.7. The number of nitrogens with one attached hydrogen (secondary N) is 2. The molecule has 3 heterocycles. The second kappa shape index (κ2) is 6.20. The highest BCUT2D eigenvalue weighted by Gasteiger charge is 2.21. The Kier molecular flexibility index (Phi) is 3.90. The third-order valence-corrected chi connectivity index (χ3v) is 5.18. The van der Waals surface area contributed by atoms with Gasteiger partial charge in [0, 0.05) is 35.7 Å². The molecular formula is C18H18N4OS. The summed E-state index contributed by atoms with van der Waals surface area (Å²) in [6.45, 7) is 3.53. The van der Waals surface area contributed by atoms with Crippen LogP contribution in [0.2, 0.25) is 0 Å². The molecule has 0 radical (unpaired) electrons. The van der Waals surface area contributed by atoms with Crippen LogP contribution in [0.4, 0.5) is 5.82 Å². The molecule has 1 saturated heterocycles. The van der Waals surface area contributed by atoms with E-state index < -0.39 is 0 Å². The number of aromatic nitrogens is 2. The largest absolute Gasteiger partial charge is 0.369 e. The molecular weight excluding hydrogens is 320 g/mol. The minimum atomic E-state index is 0.129. The number of fused-ring (bicyclic) bond motifs is 1. The lowest BCUT2D eigenvalue weighted by atomic mass is 10.1. The van der Waals surface area contributed by atoms with Crippen LogP contribution in [0.3, 0.4) is 0 Å². The number of benzene rings is 1. The van der Waals surface area contributed by atoms with Crippen molar-refractivity contribution in [2.45, 2.75) is 13.3 Å². The van der Waals surface area contributed by atoms with E-state index in [9.17, 15) is 4.79 Å². The van der Waals surface area contributed by atoms with Crippen molar-refractivity contribution in [3.8, 4) is 10.7 Å². The molecule has 0 unspecified atom stereocenters. The molecule has 1 amide bonds. The number of hydrogen-bond donors (Lipinski definition) is 2. The third-order valence-electron chi connectivity index (χ3n) is 4.18. The van der Waals surface area contributed by atoms with Gasteiger partial charge in [-0.1, -0.05) is 12.1 Å². The number of carbonyl (C=O) groups excluding carboxylic acids is 1. The van der Waals surface area contributed by atoms with E-state index in [1.54, 1.807) is 11.3 Å². The Labute approximate surface area is 144 Å². The van der Waals surface area contributed by atoms with Crippen LogP contribution in [0.25, 0.3) is 21.6 Å². The summed E-state index contributed by atoms with van der Waals surface area (Å²) in [6.07, 6.45) is 0.576. The minimum absolute atomic E-state index is 0.129. The van der Waals surface area contributed by atoms with Crippen molar-refractivity contribution in [2.75, 3.05) is 18.4 Å². The summed E-state index contributed by atoms with van der Waals surface area (Å²) in [5, 5.41) is 7.31.